The van der Waals surface area contributed by atoms with Gasteiger partial charge in [-0.3, -0.25) is 14.9 Å². The molecule has 0 aliphatic carbocycles. The van der Waals surface area contributed by atoms with Crippen molar-refractivity contribution in [2.75, 3.05) is 31.1 Å². The van der Waals surface area contributed by atoms with Crippen molar-refractivity contribution < 1.29 is 22.3 Å². The Morgan fingerprint density at radius 2 is 1.69 bits per heavy atom. The van der Waals surface area contributed by atoms with Crippen LogP contribution in [-0.2, 0) is 14.9 Å². The number of nitrogens with zero attached hydrogens (tertiary/aromatic N) is 3. The van der Waals surface area contributed by atoms with Crippen molar-refractivity contribution in [1.29, 1.82) is 0 Å². The van der Waals surface area contributed by atoms with Crippen LogP contribution >= 0.6 is 0 Å². The molecule has 0 spiro atoms. The second-order valence-corrected chi connectivity index (χ2v) is 8.20. The number of benzene rings is 2. The highest BCUT2D eigenvalue weighted by Crippen LogP contribution is 2.28. The maximum Gasteiger partial charge on any atom is 0.339 e. The summed E-state index contributed by atoms with van der Waals surface area (Å²) in [6.07, 6.45) is 0. The molecular formula is C19H21N3O6S. The van der Waals surface area contributed by atoms with E-state index in [1.54, 1.807) is 24.0 Å². The molecule has 1 saturated heterocycles. The second-order valence-electron chi connectivity index (χ2n) is 6.68. The SMILES string of the molecule is CC(=O)N1CCN(c2ccc(OS(=O)(=O)c3cccc([N+](=O)[O-])c3C)cc2)CC1. The molecule has 154 valence electrons. The topological polar surface area (TPSA) is 110 Å². The van der Waals surface area contributed by atoms with Gasteiger partial charge in [0.25, 0.3) is 5.69 Å². The maximum atomic E-state index is 12.6. The van der Waals surface area contributed by atoms with Crippen molar-refractivity contribution in [2.45, 2.75) is 18.7 Å². The first-order valence-electron chi connectivity index (χ1n) is 8.98. The Hall–Kier alpha value is -3.14. The third kappa shape index (κ3) is 4.48. The van der Waals surface area contributed by atoms with Crippen LogP contribution in [0.1, 0.15) is 12.5 Å². The standard InChI is InChI=1S/C19H21N3O6S/c1-14-18(22(24)25)4-3-5-19(14)29(26,27)28-17-8-6-16(7-9-17)21-12-10-20(11-13-21)15(2)23/h3-9H,10-13H2,1-2H3. The summed E-state index contributed by atoms with van der Waals surface area (Å²) in [6, 6.07) is 10.4. The largest absolute Gasteiger partial charge is 0.379 e. The molecule has 2 aromatic carbocycles. The fraction of sp³-hybridized carbons (Fsp3) is 0.316. The van der Waals surface area contributed by atoms with E-state index in [-0.39, 0.29) is 27.8 Å². The van der Waals surface area contributed by atoms with Gasteiger partial charge in [0.2, 0.25) is 5.91 Å². The first kappa shape index (κ1) is 20.6. The maximum absolute atomic E-state index is 12.6. The molecule has 0 bridgehead atoms. The Balaban J connectivity index is 1.74. The van der Waals surface area contributed by atoms with Crippen LogP contribution in [0, 0.1) is 17.0 Å². The van der Waals surface area contributed by atoms with Crippen LogP contribution in [0.3, 0.4) is 0 Å². The van der Waals surface area contributed by atoms with Gasteiger partial charge in [0.05, 0.1) is 4.92 Å². The Morgan fingerprint density at radius 3 is 2.24 bits per heavy atom. The van der Waals surface area contributed by atoms with Crippen LogP contribution < -0.4 is 9.08 Å². The van der Waals surface area contributed by atoms with Crippen molar-refractivity contribution in [3.8, 4) is 5.75 Å². The lowest BCUT2D eigenvalue weighted by atomic mass is 10.2. The minimum absolute atomic E-state index is 0.0254. The average molecular weight is 419 g/mol. The molecule has 1 fully saturated rings. The molecule has 1 aliphatic rings. The van der Waals surface area contributed by atoms with Gasteiger partial charge in [-0.25, -0.2) is 0 Å². The molecule has 1 amide bonds. The van der Waals surface area contributed by atoms with Gasteiger partial charge in [-0.05, 0) is 37.3 Å². The van der Waals surface area contributed by atoms with Crippen molar-refractivity contribution in [3.63, 3.8) is 0 Å². The van der Waals surface area contributed by atoms with Crippen molar-refractivity contribution >= 4 is 27.4 Å². The zero-order valence-corrected chi connectivity index (χ0v) is 16.9. The van der Waals surface area contributed by atoms with E-state index in [4.69, 9.17) is 4.18 Å². The molecule has 0 saturated carbocycles. The first-order chi connectivity index (χ1) is 13.7. The number of carbonyl (C=O) groups is 1. The van der Waals surface area contributed by atoms with Crippen LogP contribution in [-0.4, -0.2) is 50.3 Å². The van der Waals surface area contributed by atoms with Crippen LogP contribution in [0.5, 0.6) is 5.75 Å². The lowest BCUT2D eigenvalue weighted by molar-refractivity contribution is -0.385. The van der Waals surface area contributed by atoms with E-state index in [0.29, 0.717) is 26.2 Å². The number of rotatable bonds is 5. The number of amides is 1. The number of hydrogen-bond acceptors (Lipinski definition) is 7. The van der Waals surface area contributed by atoms with Crippen LogP contribution in [0.25, 0.3) is 0 Å². The number of hydrogen-bond donors (Lipinski definition) is 0. The van der Waals surface area contributed by atoms with E-state index >= 15 is 0 Å². The van der Waals surface area contributed by atoms with E-state index in [9.17, 15) is 23.3 Å². The summed E-state index contributed by atoms with van der Waals surface area (Å²) in [5, 5.41) is 11.0. The quantitative estimate of drug-likeness (QED) is 0.415. The summed E-state index contributed by atoms with van der Waals surface area (Å²) in [4.78, 5) is 25.5. The highest BCUT2D eigenvalue weighted by molar-refractivity contribution is 7.87. The van der Waals surface area contributed by atoms with E-state index in [0.717, 1.165) is 5.69 Å². The lowest BCUT2D eigenvalue weighted by Crippen LogP contribution is -2.48. The molecule has 0 N–H and O–H groups in total. The number of nitro benzene ring substituents is 1. The third-order valence-corrected chi connectivity index (χ3v) is 6.25. The molecule has 10 heteroatoms. The number of carbonyl (C=O) groups excluding carboxylic acids is 1. The van der Waals surface area contributed by atoms with Gasteiger partial charge in [-0.2, -0.15) is 8.42 Å². The van der Waals surface area contributed by atoms with Gasteiger partial charge in [0.15, 0.2) is 0 Å². The molecule has 1 aliphatic heterocycles. The molecule has 0 radical (unpaired) electrons. The second kappa shape index (κ2) is 8.08. The minimum Gasteiger partial charge on any atom is -0.379 e. The summed E-state index contributed by atoms with van der Waals surface area (Å²) >= 11 is 0. The minimum atomic E-state index is -4.22. The number of anilines is 1. The number of nitro groups is 1. The summed E-state index contributed by atoms with van der Waals surface area (Å²) in [5.74, 6) is 0.164. The number of piperazine rings is 1. The molecule has 1 heterocycles. The molecule has 3 rings (SSSR count). The Labute approximate surface area is 168 Å². The van der Waals surface area contributed by atoms with Crippen molar-refractivity contribution in [3.05, 3.63) is 58.1 Å². The summed E-state index contributed by atoms with van der Waals surface area (Å²) < 4.78 is 30.4. The van der Waals surface area contributed by atoms with Gasteiger partial charge in [-0.1, -0.05) is 6.07 Å². The Morgan fingerprint density at radius 1 is 1.07 bits per heavy atom. The first-order valence-corrected chi connectivity index (χ1v) is 10.4. The zero-order chi connectivity index (χ0) is 21.2. The van der Waals surface area contributed by atoms with E-state index < -0.39 is 15.0 Å². The van der Waals surface area contributed by atoms with E-state index in [1.165, 1.54) is 37.3 Å². The lowest BCUT2D eigenvalue weighted by Gasteiger charge is -2.35. The van der Waals surface area contributed by atoms with E-state index in [1.807, 2.05) is 0 Å². The predicted molar refractivity (Wildman–Crippen MR) is 107 cm³/mol. The van der Waals surface area contributed by atoms with Gasteiger partial charge < -0.3 is 14.0 Å². The normalized spacial score (nSPS) is 14.6. The van der Waals surface area contributed by atoms with Gasteiger partial charge in [0, 0.05) is 50.4 Å². The highest BCUT2D eigenvalue weighted by atomic mass is 32.2. The molecule has 2 aromatic rings. The molecule has 0 unspecified atom stereocenters. The monoisotopic (exact) mass is 419 g/mol. The molecule has 9 nitrogen and oxygen atoms in total. The van der Waals surface area contributed by atoms with Gasteiger partial charge in [-0.15, -0.1) is 0 Å². The summed E-state index contributed by atoms with van der Waals surface area (Å²) in [6.45, 7) is 5.56. The third-order valence-electron chi connectivity index (χ3n) is 4.85. The molecule has 0 atom stereocenters. The highest BCUT2D eigenvalue weighted by Gasteiger charge is 2.25. The predicted octanol–water partition coefficient (Wildman–Crippen LogP) is 2.34. The average Bonchev–Trinajstić information content (AvgIpc) is 2.68. The Bertz CT molecular complexity index is 1030. The van der Waals surface area contributed by atoms with Crippen molar-refractivity contribution in [1.82, 2.24) is 4.90 Å². The fourth-order valence-corrected chi connectivity index (χ4v) is 4.41. The molecular weight excluding hydrogens is 398 g/mol. The smallest absolute Gasteiger partial charge is 0.339 e. The van der Waals surface area contributed by atoms with Crippen LogP contribution in [0.2, 0.25) is 0 Å². The van der Waals surface area contributed by atoms with Crippen LogP contribution in [0.4, 0.5) is 11.4 Å². The van der Waals surface area contributed by atoms with Crippen LogP contribution in [0.15, 0.2) is 47.4 Å². The van der Waals surface area contributed by atoms with Gasteiger partial charge >= 0.3 is 10.1 Å². The molecule has 29 heavy (non-hydrogen) atoms. The Kier molecular flexibility index (Phi) is 5.73. The summed E-state index contributed by atoms with van der Waals surface area (Å²) in [7, 11) is -4.22. The fourth-order valence-electron chi connectivity index (χ4n) is 3.24. The van der Waals surface area contributed by atoms with Crippen molar-refractivity contribution in [2.24, 2.45) is 0 Å². The van der Waals surface area contributed by atoms with E-state index in [2.05, 4.69) is 4.90 Å². The molecule has 0 aromatic heterocycles. The summed E-state index contributed by atoms with van der Waals surface area (Å²) in [5.41, 5.74) is 0.636. The van der Waals surface area contributed by atoms with Gasteiger partial charge in [0.1, 0.15) is 10.6 Å². The zero-order valence-electron chi connectivity index (χ0n) is 16.1.